The molecule has 1 aromatic rings. The van der Waals surface area contributed by atoms with Crippen molar-refractivity contribution in [3.8, 4) is 0 Å². The van der Waals surface area contributed by atoms with Gasteiger partial charge < -0.3 is 16.0 Å². The highest BCUT2D eigenvalue weighted by molar-refractivity contribution is 9.10. The van der Waals surface area contributed by atoms with E-state index in [2.05, 4.69) is 21.2 Å². The Morgan fingerprint density at radius 3 is 2.29 bits per heavy atom. The van der Waals surface area contributed by atoms with Crippen LogP contribution in [0.2, 0.25) is 0 Å². The highest BCUT2D eigenvalue weighted by Gasteiger charge is 2.24. The number of benzene rings is 1. The topological polar surface area (TPSA) is 75.4 Å². The molecule has 1 unspecified atom stereocenters. The molecule has 1 aromatic carbocycles. The molecular formula is C17H27BrClN3O2. The molecule has 3 N–H and O–H groups in total. The Morgan fingerprint density at radius 1 is 1.29 bits per heavy atom. The summed E-state index contributed by atoms with van der Waals surface area (Å²) in [4.78, 5) is 25.6. The molecule has 1 atom stereocenters. The molecular weight excluding hydrogens is 394 g/mol. The summed E-state index contributed by atoms with van der Waals surface area (Å²) in [5, 5.41) is 2.85. The van der Waals surface area contributed by atoms with Crippen LogP contribution in [0.5, 0.6) is 0 Å². The Balaban J connectivity index is 0.00000529. The monoisotopic (exact) mass is 419 g/mol. The van der Waals surface area contributed by atoms with Crippen molar-refractivity contribution < 1.29 is 9.59 Å². The van der Waals surface area contributed by atoms with Gasteiger partial charge in [-0.25, -0.2) is 0 Å². The van der Waals surface area contributed by atoms with E-state index in [-0.39, 0.29) is 42.1 Å². The Labute approximate surface area is 158 Å². The fourth-order valence-electron chi connectivity index (χ4n) is 2.32. The van der Waals surface area contributed by atoms with Crippen LogP contribution in [0.4, 0.5) is 0 Å². The molecule has 0 spiro atoms. The minimum Gasteiger partial charge on any atom is -0.349 e. The van der Waals surface area contributed by atoms with Crippen molar-refractivity contribution in [2.24, 2.45) is 11.1 Å². The zero-order valence-electron chi connectivity index (χ0n) is 14.6. The second kappa shape index (κ2) is 10.0. The number of halogens is 2. The predicted octanol–water partition coefficient (Wildman–Crippen LogP) is 2.88. The Kier molecular flexibility index (Phi) is 9.55. The summed E-state index contributed by atoms with van der Waals surface area (Å²) in [5.41, 5.74) is 6.50. The van der Waals surface area contributed by atoms with Crippen molar-refractivity contribution in [2.45, 2.75) is 33.2 Å². The van der Waals surface area contributed by atoms with Gasteiger partial charge in [0, 0.05) is 25.0 Å². The molecule has 0 saturated carbocycles. The molecule has 7 heteroatoms. The molecule has 0 bridgehead atoms. The Hall–Kier alpha value is -1.11. The molecule has 24 heavy (non-hydrogen) atoms. The third-order valence-electron chi connectivity index (χ3n) is 3.67. The number of amides is 2. The summed E-state index contributed by atoms with van der Waals surface area (Å²) in [6.07, 6.45) is 0.221. The molecule has 0 aromatic heterocycles. The second-order valence-electron chi connectivity index (χ2n) is 6.63. The van der Waals surface area contributed by atoms with Crippen molar-refractivity contribution >= 4 is 40.2 Å². The summed E-state index contributed by atoms with van der Waals surface area (Å²) in [6.45, 7) is 6.59. The van der Waals surface area contributed by atoms with Crippen LogP contribution in [0.15, 0.2) is 28.7 Å². The molecule has 0 aliphatic rings. The largest absolute Gasteiger partial charge is 0.349 e. The van der Waals surface area contributed by atoms with Gasteiger partial charge in [0.2, 0.25) is 11.8 Å². The third kappa shape index (κ3) is 7.64. The first-order valence-electron chi connectivity index (χ1n) is 7.61. The molecule has 0 fully saturated rings. The molecule has 2 amide bonds. The number of carbonyl (C=O) groups excluding carboxylic acids is 2. The van der Waals surface area contributed by atoms with Crippen LogP contribution in [-0.2, 0) is 9.59 Å². The van der Waals surface area contributed by atoms with Crippen LogP contribution in [0.3, 0.4) is 0 Å². The van der Waals surface area contributed by atoms with Gasteiger partial charge in [0.15, 0.2) is 0 Å². The lowest BCUT2D eigenvalue weighted by molar-refractivity contribution is -0.132. The number of hydrogen-bond donors (Lipinski definition) is 2. The van der Waals surface area contributed by atoms with Crippen molar-refractivity contribution in [1.82, 2.24) is 10.2 Å². The molecule has 5 nitrogen and oxygen atoms in total. The fourth-order valence-corrected chi connectivity index (χ4v) is 2.58. The SMILES string of the molecule is CC(=O)NC(CC(=O)N(C)CC(C)(C)CN)c1ccc(Br)cc1.Cl. The molecule has 0 aliphatic carbocycles. The van der Waals surface area contributed by atoms with Gasteiger partial charge in [0.1, 0.15) is 0 Å². The van der Waals surface area contributed by atoms with Gasteiger partial charge >= 0.3 is 0 Å². The molecule has 136 valence electrons. The number of nitrogens with two attached hydrogens (primary N) is 1. The van der Waals surface area contributed by atoms with E-state index in [1.54, 1.807) is 11.9 Å². The minimum atomic E-state index is -0.337. The van der Waals surface area contributed by atoms with E-state index in [1.165, 1.54) is 6.92 Å². The standard InChI is InChI=1S/C17H26BrN3O2.ClH/c1-12(22)20-15(13-5-7-14(18)8-6-13)9-16(23)21(4)11-17(2,3)10-19;/h5-8,15H,9-11,19H2,1-4H3,(H,20,22);1H. The molecule has 0 aliphatic heterocycles. The van der Waals surface area contributed by atoms with Crippen LogP contribution in [0.1, 0.15) is 38.8 Å². The maximum absolute atomic E-state index is 12.5. The lowest BCUT2D eigenvalue weighted by Crippen LogP contribution is -2.41. The van der Waals surface area contributed by atoms with Crippen LogP contribution in [0, 0.1) is 5.41 Å². The van der Waals surface area contributed by atoms with Gasteiger partial charge in [0.05, 0.1) is 12.5 Å². The first-order chi connectivity index (χ1) is 10.6. The van der Waals surface area contributed by atoms with Gasteiger partial charge in [-0.05, 0) is 29.7 Å². The fraction of sp³-hybridized carbons (Fsp3) is 0.529. The molecule has 0 radical (unpaired) electrons. The van der Waals surface area contributed by atoms with E-state index >= 15 is 0 Å². The van der Waals surface area contributed by atoms with E-state index < -0.39 is 0 Å². The van der Waals surface area contributed by atoms with Gasteiger partial charge in [-0.1, -0.05) is 41.9 Å². The molecule has 1 rings (SSSR count). The Bertz CT molecular complexity index is 549. The molecule has 0 heterocycles. The highest BCUT2D eigenvalue weighted by atomic mass is 79.9. The Morgan fingerprint density at radius 2 is 1.83 bits per heavy atom. The predicted molar refractivity (Wildman–Crippen MR) is 103 cm³/mol. The second-order valence-corrected chi connectivity index (χ2v) is 7.54. The summed E-state index contributed by atoms with van der Waals surface area (Å²) in [6, 6.07) is 7.27. The van der Waals surface area contributed by atoms with Crippen LogP contribution in [0.25, 0.3) is 0 Å². The molecule has 0 saturated heterocycles. The first-order valence-corrected chi connectivity index (χ1v) is 8.40. The lowest BCUT2D eigenvalue weighted by atomic mass is 9.93. The van der Waals surface area contributed by atoms with E-state index in [4.69, 9.17) is 5.73 Å². The van der Waals surface area contributed by atoms with E-state index in [0.29, 0.717) is 13.1 Å². The number of nitrogens with zero attached hydrogens (tertiary/aromatic N) is 1. The van der Waals surface area contributed by atoms with Crippen LogP contribution >= 0.6 is 28.3 Å². The van der Waals surface area contributed by atoms with Gasteiger partial charge in [-0.3, -0.25) is 9.59 Å². The van der Waals surface area contributed by atoms with Crippen molar-refractivity contribution in [3.63, 3.8) is 0 Å². The van der Waals surface area contributed by atoms with E-state index in [1.807, 2.05) is 38.1 Å². The van der Waals surface area contributed by atoms with E-state index in [0.717, 1.165) is 10.0 Å². The lowest BCUT2D eigenvalue weighted by Gasteiger charge is -2.30. The number of carbonyl (C=O) groups is 2. The van der Waals surface area contributed by atoms with Gasteiger partial charge in [0.25, 0.3) is 0 Å². The summed E-state index contributed by atoms with van der Waals surface area (Å²) in [5.74, 6) is -0.177. The minimum absolute atomic E-state index is 0. The van der Waals surface area contributed by atoms with Crippen LogP contribution in [-0.4, -0.2) is 36.9 Å². The van der Waals surface area contributed by atoms with Gasteiger partial charge in [-0.15, -0.1) is 12.4 Å². The summed E-state index contributed by atoms with van der Waals surface area (Å²) < 4.78 is 0.955. The average molecular weight is 421 g/mol. The van der Waals surface area contributed by atoms with E-state index in [9.17, 15) is 9.59 Å². The summed E-state index contributed by atoms with van der Waals surface area (Å²) in [7, 11) is 1.77. The zero-order chi connectivity index (χ0) is 17.6. The van der Waals surface area contributed by atoms with Crippen molar-refractivity contribution in [1.29, 1.82) is 0 Å². The normalized spacial score (nSPS) is 12.1. The smallest absolute Gasteiger partial charge is 0.224 e. The maximum atomic E-state index is 12.5. The number of hydrogen-bond acceptors (Lipinski definition) is 3. The number of nitrogens with one attached hydrogen (secondary N) is 1. The maximum Gasteiger partial charge on any atom is 0.224 e. The summed E-state index contributed by atoms with van der Waals surface area (Å²) >= 11 is 3.39. The number of rotatable bonds is 7. The van der Waals surface area contributed by atoms with Crippen LogP contribution < -0.4 is 11.1 Å². The third-order valence-corrected chi connectivity index (χ3v) is 4.20. The first kappa shape index (κ1) is 22.9. The highest BCUT2D eigenvalue weighted by Crippen LogP contribution is 2.22. The van der Waals surface area contributed by atoms with Gasteiger partial charge in [-0.2, -0.15) is 0 Å². The quantitative estimate of drug-likeness (QED) is 0.712. The van der Waals surface area contributed by atoms with Crippen molar-refractivity contribution in [3.05, 3.63) is 34.3 Å². The van der Waals surface area contributed by atoms with Crippen molar-refractivity contribution in [2.75, 3.05) is 20.1 Å². The average Bonchev–Trinajstić information content (AvgIpc) is 2.46. The zero-order valence-corrected chi connectivity index (χ0v) is 17.0.